The molecule has 0 radical (unpaired) electrons. The van der Waals surface area contributed by atoms with Crippen LogP contribution in [-0.2, 0) is 6.54 Å². The van der Waals surface area contributed by atoms with E-state index in [1.165, 1.54) is 0 Å². The van der Waals surface area contributed by atoms with Gasteiger partial charge < -0.3 is 10.4 Å². The average Bonchev–Trinajstić information content (AvgIpc) is 2.25. The molecule has 1 aromatic carbocycles. The van der Waals surface area contributed by atoms with Crippen LogP contribution in [0.15, 0.2) is 18.2 Å². The summed E-state index contributed by atoms with van der Waals surface area (Å²) in [5, 5.41) is 22.3. The fourth-order valence-corrected chi connectivity index (χ4v) is 1.22. The van der Waals surface area contributed by atoms with Crippen LogP contribution in [-0.4, -0.2) is 22.7 Å². The van der Waals surface area contributed by atoms with Crippen LogP contribution < -0.4 is 5.32 Å². The molecular formula is C10H13FN2O3. The van der Waals surface area contributed by atoms with E-state index in [0.29, 0.717) is 0 Å². The van der Waals surface area contributed by atoms with E-state index in [9.17, 15) is 14.5 Å². The highest BCUT2D eigenvalue weighted by atomic mass is 19.1. The van der Waals surface area contributed by atoms with Gasteiger partial charge in [-0.15, -0.1) is 0 Å². The fourth-order valence-electron chi connectivity index (χ4n) is 1.22. The summed E-state index contributed by atoms with van der Waals surface area (Å²) in [4.78, 5) is 10.1. The molecule has 0 fully saturated rings. The number of nitro groups is 1. The van der Waals surface area contributed by atoms with E-state index in [1.54, 1.807) is 6.92 Å². The summed E-state index contributed by atoms with van der Waals surface area (Å²) in [6, 6.07) is 3.12. The Morgan fingerprint density at radius 1 is 1.62 bits per heavy atom. The molecule has 0 aromatic heterocycles. The van der Waals surface area contributed by atoms with Gasteiger partial charge in [-0.2, -0.15) is 0 Å². The first-order chi connectivity index (χ1) is 7.54. The molecule has 6 heteroatoms. The molecule has 1 unspecified atom stereocenters. The summed E-state index contributed by atoms with van der Waals surface area (Å²) in [6.07, 6.45) is 0. The molecule has 0 spiro atoms. The Bertz CT molecular complexity index is 384. The number of halogens is 1. The first-order valence-electron chi connectivity index (χ1n) is 4.81. The van der Waals surface area contributed by atoms with E-state index in [2.05, 4.69) is 5.32 Å². The Balaban J connectivity index is 2.84. The molecular weight excluding hydrogens is 215 g/mol. The zero-order valence-corrected chi connectivity index (χ0v) is 8.81. The number of benzene rings is 1. The third-order valence-electron chi connectivity index (χ3n) is 2.15. The molecule has 0 bridgehead atoms. The standard InChI is InChI=1S/C10H13FN2O3/c1-7(6-14)12-5-8-4-9(11)2-3-10(8)13(15)16/h2-4,7,12,14H,5-6H2,1H3. The van der Waals surface area contributed by atoms with Gasteiger partial charge in [0.25, 0.3) is 5.69 Å². The molecule has 0 saturated carbocycles. The Labute approximate surface area is 92.1 Å². The van der Waals surface area contributed by atoms with Crippen LogP contribution in [0.3, 0.4) is 0 Å². The number of hydrogen-bond acceptors (Lipinski definition) is 4. The fraction of sp³-hybridized carbons (Fsp3) is 0.400. The Morgan fingerprint density at radius 3 is 2.88 bits per heavy atom. The van der Waals surface area contributed by atoms with Gasteiger partial charge in [-0.25, -0.2) is 4.39 Å². The van der Waals surface area contributed by atoms with Crippen molar-refractivity contribution in [2.75, 3.05) is 6.61 Å². The third kappa shape index (κ3) is 3.25. The largest absolute Gasteiger partial charge is 0.395 e. The topological polar surface area (TPSA) is 75.4 Å². The van der Waals surface area contributed by atoms with Crippen molar-refractivity contribution in [3.8, 4) is 0 Å². The normalized spacial score (nSPS) is 12.4. The summed E-state index contributed by atoms with van der Waals surface area (Å²) in [7, 11) is 0. The van der Waals surface area contributed by atoms with Gasteiger partial charge in [0.05, 0.1) is 11.5 Å². The first-order valence-corrected chi connectivity index (χ1v) is 4.81. The summed E-state index contributed by atoms with van der Waals surface area (Å²) >= 11 is 0. The lowest BCUT2D eigenvalue weighted by Gasteiger charge is -2.10. The van der Waals surface area contributed by atoms with Crippen molar-refractivity contribution < 1.29 is 14.4 Å². The van der Waals surface area contributed by atoms with Gasteiger partial charge in [-0.3, -0.25) is 10.1 Å². The number of nitrogens with zero attached hydrogens (tertiary/aromatic N) is 1. The summed E-state index contributed by atoms with van der Waals surface area (Å²) in [6.45, 7) is 1.80. The highest BCUT2D eigenvalue weighted by molar-refractivity contribution is 5.40. The number of hydrogen-bond donors (Lipinski definition) is 2. The smallest absolute Gasteiger partial charge is 0.274 e. The highest BCUT2D eigenvalue weighted by Crippen LogP contribution is 2.19. The Morgan fingerprint density at radius 2 is 2.31 bits per heavy atom. The number of aliphatic hydroxyl groups is 1. The molecule has 0 aliphatic carbocycles. The van der Waals surface area contributed by atoms with Crippen LogP contribution in [0.2, 0.25) is 0 Å². The van der Waals surface area contributed by atoms with Crippen LogP contribution in [0.4, 0.5) is 10.1 Å². The lowest BCUT2D eigenvalue weighted by atomic mass is 10.1. The second kappa shape index (κ2) is 5.53. The van der Waals surface area contributed by atoms with Gasteiger partial charge in [0.1, 0.15) is 5.82 Å². The minimum Gasteiger partial charge on any atom is -0.395 e. The molecule has 0 saturated heterocycles. The van der Waals surface area contributed by atoms with E-state index in [-0.39, 0.29) is 30.4 Å². The number of nitro benzene ring substituents is 1. The van der Waals surface area contributed by atoms with Crippen molar-refractivity contribution in [3.63, 3.8) is 0 Å². The maximum atomic E-state index is 12.9. The minimum atomic E-state index is -0.555. The van der Waals surface area contributed by atoms with E-state index < -0.39 is 10.7 Å². The molecule has 2 N–H and O–H groups in total. The summed E-state index contributed by atoms with van der Waals surface area (Å²) in [5.74, 6) is -0.515. The van der Waals surface area contributed by atoms with Crippen LogP contribution in [0.5, 0.6) is 0 Å². The maximum absolute atomic E-state index is 12.9. The Hall–Kier alpha value is -1.53. The van der Waals surface area contributed by atoms with E-state index in [4.69, 9.17) is 5.11 Å². The van der Waals surface area contributed by atoms with Gasteiger partial charge >= 0.3 is 0 Å². The van der Waals surface area contributed by atoms with Crippen molar-refractivity contribution in [2.24, 2.45) is 0 Å². The van der Waals surface area contributed by atoms with Gasteiger partial charge in [-0.1, -0.05) is 0 Å². The number of rotatable bonds is 5. The minimum absolute atomic E-state index is 0.0802. The predicted molar refractivity (Wildman–Crippen MR) is 56.4 cm³/mol. The van der Waals surface area contributed by atoms with E-state index in [0.717, 1.165) is 18.2 Å². The van der Waals surface area contributed by atoms with Crippen molar-refractivity contribution in [1.82, 2.24) is 5.32 Å². The zero-order valence-electron chi connectivity index (χ0n) is 8.81. The molecule has 16 heavy (non-hydrogen) atoms. The van der Waals surface area contributed by atoms with Crippen LogP contribution >= 0.6 is 0 Å². The van der Waals surface area contributed by atoms with Crippen molar-refractivity contribution in [3.05, 3.63) is 39.7 Å². The van der Waals surface area contributed by atoms with Crippen molar-refractivity contribution in [2.45, 2.75) is 19.5 Å². The highest BCUT2D eigenvalue weighted by Gasteiger charge is 2.14. The quantitative estimate of drug-likeness (QED) is 0.586. The molecule has 0 aliphatic heterocycles. The lowest BCUT2D eigenvalue weighted by Crippen LogP contribution is -2.28. The third-order valence-corrected chi connectivity index (χ3v) is 2.15. The van der Waals surface area contributed by atoms with Crippen LogP contribution in [0.25, 0.3) is 0 Å². The molecule has 0 amide bonds. The molecule has 1 rings (SSSR count). The molecule has 1 atom stereocenters. The molecule has 1 aromatic rings. The Kier molecular flexibility index (Phi) is 4.33. The average molecular weight is 228 g/mol. The molecule has 0 aliphatic rings. The SMILES string of the molecule is CC(CO)NCc1cc(F)ccc1[N+](=O)[O-]. The van der Waals surface area contributed by atoms with Crippen LogP contribution in [0, 0.1) is 15.9 Å². The predicted octanol–water partition coefficient (Wildman–Crippen LogP) is 1.20. The molecule has 88 valence electrons. The molecule has 0 heterocycles. The van der Waals surface area contributed by atoms with Crippen molar-refractivity contribution >= 4 is 5.69 Å². The van der Waals surface area contributed by atoms with Gasteiger partial charge in [0.15, 0.2) is 0 Å². The number of aliphatic hydroxyl groups excluding tert-OH is 1. The second-order valence-corrected chi connectivity index (χ2v) is 3.49. The van der Waals surface area contributed by atoms with Gasteiger partial charge in [-0.05, 0) is 19.1 Å². The van der Waals surface area contributed by atoms with Crippen LogP contribution in [0.1, 0.15) is 12.5 Å². The zero-order chi connectivity index (χ0) is 12.1. The van der Waals surface area contributed by atoms with Gasteiger partial charge in [0, 0.05) is 24.2 Å². The monoisotopic (exact) mass is 228 g/mol. The summed E-state index contributed by atoms with van der Waals surface area (Å²) in [5.41, 5.74) is 0.143. The second-order valence-electron chi connectivity index (χ2n) is 3.49. The van der Waals surface area contributed by atoms with Gasteiger partial charge in [0.2, 0.25) is 0 Å². The summed E-state index contributed by atoms with van der Waals surface area (Å²) < 4.78 is 12.9. The number of nitrogens with one attached hydrogen (secondary N) is 1. The van der Waals surface area contributed by atoms with Crippen molar-refractivity contribution in [1.29, 1.82) is 0 Å². The lowest BCUT2D eigenvalue weighted by molar-refractivity contribution is -0.385. The van der Waals surface area contributed by atoms with E-state index >= 15 is 0 Å². The van der Waals surface area contributed by atoms with E-state index in [1.807, 2.05) is 0 Å². The maximum Gasteiger partial charge on any atom is 0.274 e. The first kappa shape index (κ1) is 12.5. The molecule has 5 nitrogen and oxygen atoms in total.